The van der Waals surface area contributed by atoms with E-state index < -0.39 is 0 Å². The third-order valence-electron chi connectivity index (χ3n) is 8.01. The number of hydrogen-bond acceptors (Lipinski definition) is 3. The topological polar surface area (TPSA) is 41.6 Å². The van der Waals surface area contributed by atoms with E-state index in [0.29, 0.717) is 12.5 Å². The Morgan fingerprint density at radius 3 is 1.40 bits per heavy atom. The standard InChI is InChI=1S/C38H72N2O2/c1-6-9-12-15-18-21-24-27-31-36(32-28-25-22-19-16-13-10-7-2)37(33-29-26-23-20-17-14-11-8-3)42-38(41)39-34-30-35-40(4)5/h18-23,36-37H,6-17,24-35H2,1-5H3,(H,39,41)/b21-18-,22-19-,23-20-. The van der Waals surface area contributed by atoms with Crippen LogP contribution in [0.1, 0.15) is 162 Å². The minimum atomic E-state index is -0.231. The first-order valence-corrected chi connectivity index (χ1v) is 18.1. The highest BCUT2D eigenvalue weighted by Gasteiger charge is 2.24. The number of carbonyl (C=O) groups is 1. The lowest BCUT2D eigenvalue weighted by Crippen LogP contribution is -2.34. The first kappa shape index (κ1) is 40.5. The number of hydrogen-bond donors (Lipinski definition) is 1. The Morgan fingerprint density at radius 1 is 0.595 bits per heavy atom. The SMILES string of the molecule is CCCCC/C=C\CCCC(CCC/C=C\CCCCC)C(CCC/C=C\CCCCC)OC(=O)NCCCN(C)C. The quantitative estimate of drug-likeness (QED) is 0.0670. The summed E-state index contributed by atoms with van der Waals surface area (Å²) >= 11 is 0. The van der Waals surface area contributed by atoms with Crippen molar-refractivity contribution in [3.8, 4) is 0 Å². The fourth-order valence-electron chi connectivity index (χ4n) is 5.35. The van der Waals surface area contributed by atoms with Crippen molar-refractivity contribution < 1.29 is 9.53 Å². The van der Waals surface area contributed by atoms with Crippen LogP contribution in [0.2, 0.25) is 0 Å². The number of allylic oxidation sites excluding steroid dienone is 6. The minimum Gasteiger partial charge on any atom is -0.446 e. The normalized spacial score (nSPS) is 12.9. The molecule has 1 amide bonds. The molecule has 246 valence electrons. The van der Waals surface area contributed by atoms with Gasteiger partial charge in [-0.2, -0.15) is 0 Å². The second-order valence-electron chi connectivity index (χ2n) is 12.5. The van der Waals surface area contributed by atoms with Crippen molar-refractivity contribution in [2.24, 2.45) is 5.92 Å². The molecule has 0 aliphatic heterocycles. The van der Waals surface area contributed by atoms with Gasteiger partial charge in [-0.05, 0) is 129 Å². The Morgan fingerprint density at radius 2 is 1.00 bits per heavy atom. The summed E-state index contributed by atoms with van der Waals surface area (Å²) in [5.41, 5.74) is 0. The zero-order chi connectivity index (χ0) is 30.9. The predicted octanol–water partition coefficient (Wildman–Crippen LogP) is 11.6. The number of nitrogens with zero attached hydrogens (tertiary/aromatic N) is 1. The van der Waals surface area contributed by atoms with E-state index in [1.54, 1.807) is 0 Å². The lowest BCUT2D eigenvalue weighted by atomic mass is 9.87. The molecule has 4 nitrogen and oxygen atoms in total. The van der Waals surface area contributed by atoms with Crippen molar-refractivity contribution in [1.29, 1.82) is 0 Å². The summed E-state index contributed by atoms with van der Waals surface area (Å²) < 4.78 is 6.20. The molecule has 4 heteroatoms. The highest BCUT2D eigenvalue weighted by molar-refractivity contribution is 5.67. The summed E-state index contributed by atoms with van der Waals surface area (Å²) in [5.74, 6) is 0.424. The summed E-state index contributed by atoms with van der Waals surface area (Å²) in [5, 5.41) is 3.03. The monoisotopic (exact) mass is 589 g/mol. The van der Waals surface area contributed by atoms with E-state index in [1.165, 1.54) is 89.9 Å². The van der Waals surface area contributed by atoms with Crippen LogP contribution in [-0.4, -0.2) is 44.3 Å². The molecule has 0 aromatic heterocycles. The van der Waals surface area contributed by atoms with Crippen molar-refractivity contribution in [2.45, 2.75) is 168 Å². The highest BCUT2D eigenvalue weighted by Crippen LogP contribution is 2.27. The number of carbonyl (C=O) groups excluding carboxylic acids is 1. The summed E-state index contributed by atoms with van der Waals surface area (Å²) in [4.78, 5) is 15.0. The Labute approximate surface area is 263 Å². The van der Waals surface area contributed by atoms with Crippen LogP contribution in [0.5, 0.6) is 0 Å². The third-order valence-corrected chi connectivity index (χ3v) is 8.01. The molecule has 0 heterocycles. The number of nitrogens with one attached hydrogen (secondary N) is 1. The fraction of sp³-hybridized carbons (Fsp3) is 0.816. The first-order valence-electron chi connectivity index (χ1n) is 18.1. The minimum absolute atomic E-state index is 0.00518. The lowest BCUT2D eigenvalue weighted by Gasteiger charge is -2.27. The Hall–Kier alpha value is -1.55. The van der Waals surface area contributed by atoms with Crippen LogP contribution in [0.15, 0.2) is 36.5 Å². The zero-order valence-electron chi connectivity index (χ0n) is 28.9. The van der Waals surface area contributed by atoms with E-state index >= 15 is 0 Å². The van der Waals surface area contributed by atoms with Gasteiger partial charge in [0.05, 0.1) is 0 Å². The molecule has 0 aromatic carbocycles. The van der Waals surface area contributed by atoms with Crippen LogP contribution in [0.3, 0.4) is 0 Å². The average Bonchev–Trinajstić information content (AvgIpc) is 2.97. The Kier molecular flexibility index (Phi) is 31.2. The second-order valence-corrected chi connectivity index (χ2v) is 12.5. The van der Waals surface area contributed by atoms with Crippen molar-refractivity contribution >= 4 is 6.09 Å². The molecule has 0 bridgehead atoms. The smallest absolute Gasteiger partial charge is 0.407 e. The van der Waals surface area contributed by atoms with E-state index in [9.17, 15) is 4.79 Å². The largest absolute Gasteiger partial charge is 0.446 e. The van der Waals surface area contributed by atoms with Crippen LogP contribution < -0.4 is 5.32 Å². The summed E-state index contributed by atoms with van der Waals surface area (Å²) in [6.45, 7) is 8.42. The molecule has 0 saturated carbocycles. The number of amides is 1. The molecule has 42 heavy (non-hydrogen) atoms. The van der Waals surface area contributed by atoms with Crippen molar-refractivity contribution in [3.63, 3.8) is 0 Å². The van der Waals surface area contributed by atoms with Crippen LogP contribution in [0, 0.1) is 5.92 Å². The zero-order valence-corrected chi connectivity index (χ0v) is 28.9. The van der Waals surface area contributed by atoms with E-state index in [0.717, 1.165) is 57.9 Å². The Bertz CT molecular complexity index is 629. The van der Waals surface area contributed by atoms with Crippen molar-refractivity contribution in [2.75, 3.05) is 27.2 Å². The molecule has 1 atom stereocenters. The van der Waals surface area contributed by atoms with Crippen molar-refractivity contribution in [1.82, 2.24) is 10.2 Å². The fourth-order valence-corrected chi connectivity index (χ4v) is 5.35. The van der Waals surface area contributed by atoms with E-state index in [4.69, 9.17) is 4.74 Å². The molecule has 0 spiro atoms. The number of alkyl carbamates (subject to hydrolysis) is 1. The average molecular weight is 589 g/mol. The predicted molar refractivity (Wildman–Crippen MR) is 186 cm³/mol. The summed E-state index contributed by atoms with van der Waals surface area (Å²) in [7, 11) is 4.13. The molecule has 0 aliphatic carbocycles. The molecule has 0 rings (SSSR count). The molecule has 1 unspecified atom stereocenters. The molecule has 1 N–H and O–H groups in total. The number of unbranched alkanes of at least 4 members (excludes halogenated alkanes) is 12. The van der Waals surface area contributed by atoms with Gasteiger partial charge >= 0.3 is 6.09 Å². The van der Waals surface area contributed by atoms with E-state index in [2.05, 4.69) is 81.5 Å². The molecule has 0 fully saturated rings. The summed E-state index contributed by atoms with van der Waals surface area (Å²) in [6, 6.07) is 0. The van der Waals surface area contributed by atoms with Gasteiger partial charge in [0.1, 0.15) is 6.10 Å². The van der Waals surface area contributed by atoms with Gasteiger partial charge in [-0.1, -0.05) is 95.8 Å². The van der Waals surface area contributed by atoms with Crippen LogP contribution in [0.25, 0.3) is 0 Å². The van der Waals surface area contributed by atoms with Gasteiger partial charge in [0, 0.05) is 6.54 Å². The molecule has 0 aromatic rings. The molecule has 0 radical (unpaired) electrons. The first-order chi connectivity index (χ1) is 20.5. The maximum atomic E-state index is 12.9. The van der Waals surface area contributed by atoms with Crippen molar-refractivity contribution in [3.05, 3.63) is 36.5 Å². The maximum Gasteiger partial charge on any atom is 0.407 e. The third kappa shape index (κ3) is 28.6. The van der Waals surface area contributed by atoms with Crippen LogP contribution in [0.4, 0.5) is 4.79 Å². The van der Waals surface area contributed by atoms with Gasteiger partial charge in [-0.15, -0.1) is 0 Å². The van der Waals surface area contributed by atoms with Gasteiger partial charge in [-0.3, -0.25) is 0 Å². The molecular weight excluding hydrogens is 516 g/mol. The Balaban J connectivity index is 5.13. The lowest BCUT2D eigenvalue weighted by molar-refractivity contribution is 0.0474. The van der Waals surface area contributed by atoms with Crippen LogP contribution >= 0.6 is 0 Å². The molecular formula is C38H72N2O2. The van der Waals surface area contributed by atoms with Gasteiger partial charge in [0.25, 0.3) is 0 Å². The highest BCUT2D eigenvalue weighted by atomic mass is 16.6. The van der Waals surface area contributed by atoms with Gasteiger partial charge in [0.15, 0.2) is 0 Å². The summed E-state index contributed by atoms with van der Waals surface area (Å²) in [6.07, 6.45) is 40.1. The molecule has 0 saturated heterocycles. The number of rotatable bonds is 30. The van der Waals surface area contributed by atoms with E-state index in [-0.39, 0.29) is 12.2 Å². The second kappa shape index (κ2) is 32.4. The number of ether oxygens (including phenoxy) is 1. The van der Waals surface area contributed by atoms with E-state index in [1.807, 2.05) is 0 Å². The van der Waals surface area contributed by atoms with Gasteiger partial charge < -0.3 is 15.0 Å². The molecule has 0 aliphatic rings. The maximum absolute atomic E-state index is 12.9. The van der Waals surface area contributed by atoms with Gasteiger partial charge in [0.2, 0.25) is 0 Å². The van der Waals surface area contributed by atoms with Gasteiger partial charge in [-0.25, -0.2) is 4.79 Å². The van der Waals surface area contributed by atoms with Crippen LogP contribution in [-0.2, 0) is 4.74 Å².